The summed E-state index contributed by atoms with van der Waals surface area (Å²) in [6.45, 7) is 3.14. The van der Waals surface area contributed by atoms with Gasteiger partial charge in [-0.05, 0) is 22.3 Å². The number of amides is 1. The predicted octanol–water partition coefficient (Wildman–Crippen LogP) is 2.76. The summed E-state index contributed by atoms with van der Waals surface area (Å²) < 4.78 is 0. The maximum Gasteiger partial charge on any atom is 0.234 e. The second-order valence-corrected chi connectivity index (χ2v) is 8.84. The molecule has 4 heteroatoms. The second-order valence-electron chi connectivity index (χ2n) is 8.84. The van der Waals surface area contributed by atoms with E-state index in [2.05, 4.69) is 89.8 Å². The Bertz CT molecular complexity index is 1100. The van der Waals surface area contributed by atoms with Gasteiger partial charge < -0.3 is 17.3 Å². The van der Waals surface area contributed by atoms with Crippen molar-refractivity contribution in [3.8, 4) is 0 Å². The summed E-state index contributed by atoms with van der Waals surface area (Å²) >= 11 is 0. The van der Waals surface area contributed by atoms with Gasteiger partial charge in [0.1, 0.15) is 0 Å². The van der Waals surface area contributed by atoms with Crippen molar-refractivity contribution < 1.29 is 17.2 Å². The average molecular weight is 482 g/mol. The molecule has 0 radical (unpaired) electrons. The van der Waals surface area contributed by atoms with Crippen molar-refractivity contribution in [2.24, 2.45) is 0 Å². The van der Waals surface area contributed by atoms with Crippen LogP contribution in [0.25, 0.3) is 0 Å². The number of nitrogens with zero attached hydrogens (tertiary/aromatic N) is 2. The Balaban J connectivity index is 0.00000289. The van der Waals surface area contributed by atoms with Gasteiger partial charge in [0.2, 0.25) is 5.91 Å². The van der Waals surface area contributed by atoms with Gasteiger partial charge in [0.05, 0.1) is 12.0 Å². The lowest BCUT2D eigenvalue weighted by Crippen LogP contribution is -3.00. The van der Waals surface area contributed by atoms with Crippen molar-refractivity contribution in [1.82, 2.24) is 9.80 Å². The van der Waals surface area contributed by atoms with Crippen LogP contribution in [0.15, 0.2) is 121 Å². The van der Waals surface area contributed by atoms with Gasteiger partial charge in [-0.3, -0.25) is 9.69 Å². The zero-order valence-corrected chi connectivity index (χ0v) is 20.5. The van der Waals surface area contributed by atoms with E-state index in [1.54, 1.807) is 0 Å². The molecular formula is C31H30ClN2O-. The van der Waals surface area contributed by atoms with Crippen LogP contribution in [0.2, 0.25) is 0 Å². The van der Waals surface area contributed by atoms with Crippen molar-refractivity contribution in [2.45, 2.75) is 12.0 Å². The van der Waals surface area contributed by atoms with E-state index in [0.29, 0.717) is 0 Å². The lowest BCUT2D eigenvalue weighted by atomic mass is 9.89. The van der Waals surface area contributed by atoms with Crippen LogP contribution in [0.4, 0.5) is 0 Å². The Kier molecular flexibility index (Phi) is 8.36. The molecule has 0 N–H and O–H groups in total. The Morgan fingerprint density at radius 3 is 1.23 bits per heavy atom. The molecule has 1 saturated heterocycles. The van der Waals surface area contributed by atoms with Crippen LogP contribution < -0.4 is 12.4 Å². The molecule has 0 atom stereocenters. The van der Waals surface area contributed by atoms with Crippen LogP contribution in [0.3, 0.4) is 0 Å². The van der Waals surface area contributed by atoms with Crippen LogP contribution in [-0.4, -0.2) is 41.9 Å². The lowest BCUT2D eigenvalue weighted by Gasteiger charge is -2.40. The summed E-state index contributed by atoms with van der Waals surface area (Å²) in [5, 5.41) is 0. The number of hydrogen-bond acceptors (Lipinski definition) is 2. The van der Waals surface area contributed by atoms with Crippen molar-refractivity contribution in [2.75, 3.05) is 26.2 Å². The first-order chi connectivity index (χ1) is 16.8. The number of hydrogen-bond donors (Lipinski definition) is 0. The molecular weight excluding hydrogens is 452 g/mol. The first-order valence-corrected chi connectivity index (χ1v) is 12.0. The molecule has 0 bridgehead atoms. The normalized spacial score (nSPS) is 14.1. The molecule has 1 aliphatic rings. The molecule has 1 aliphatic heterocycles. The summed E-state index contributed by atoms with van der Waals surface area (Å²) in [5.41, 5.74) is 4.68. The van der Waals surface area contributed by atoms with Crippen LogP contribution in [0.1, 0.15) is 34.2 Å². The molecule has 3 nitrogen and oxygen atoms in total. The summed E-state index contributed by atoms with van der Waals surface area (Å²) in [7, 11) is 0. The molecule has 35 heavy (non-hydrogen) atoms. The lowest BCUT2D eigenvalue weighted by molar-refractivity contribution is -0.133. The van der Waals surface area contributed by atoms with Gasteiger partial charge >= 0.3 is 0 Å². The van der Waals surface area contributed by atoms with Crippen LogP contribution in [0.5, 0.6) is 0 Å². The fourth-order valence-electron chi connectivity index (χ4n) is 5.04. The first kappa shape index (κ1) is 24.7. The second kappa shape index (κ2) is 11.8. The smallest absolute Gasteiger partial charge is 0.234 e. The van der Waals surface area contributed by atoms with Gasteiger partial charge in [-0.1, -0.05) is 121 Å². The minimum atomic E-state index is -0.270. The number of halogens is 1. The fraction of sp³-hybridized carbons (Fsp3) is 0.194. The summed E-state index contributed by atoms with van der Waals surface area (Å²) in [4.78, 5) is 18.4. The molecule has 0 unspecified atom stereocenters. The molecule has 4 aromatic carbocycles. The minimum Gasteiger partial charge on any atom is -1.00 e. The number of carbonyl (C=O) groups excluding carboxylic acids is 1. The zero-order chi connectivity index (χ0) is 23.2. The maximum absolute atomic E-state index is 13.8. The van der Waals surface area contributed by atoms with Crippen LogP contribution in [0, 0.1) is 0 Å². The molecule has 0 aliphatic carbocycles. The van der Waals surface area contributed by atoms with Gasteiger partial charge in [0.15, 0.2) is 0 Å². The Hall–Kier alpha value is -3.40. The number of benzene rings is 4. The van der Waals surface area contributed by atoms with Crippen LogP contribution in [-0.2, 0) is 4.79 Å². The SMILES string of the molecule is O=C(C(c1ccccc1)c1ccccc1)N1CCN(C(c2ccccc2)c2ccccc2)CC1.[Cl-]. The quantitative estimate of drug-likeness (QED) is 0.423. The molecule has 1 heterocycles. The van der Waals surface area contributed by atoms with Crippen molar-refractivity contribution in [3.05, 3.63) is 144 Å². The molecule has 0 spiro atoms. The van der Waals surface area contributed by atoms with E-state index in [4.69, 9.17) is 0 Å². The van der Waals surface area contributed by atoms with Crippen molar-refractivity contribution >= 4 is 5.91 Å². The number of piperazine rings is 1. The number of rotatable bonds is 6. The van der Waals surface area contributed by atoms with E-state index in [-0.39, 0.29) is 30.3 Å². The maximum atomic E-state index is 13.8. The van der Waals surface area contributed by atoms with Gasteiger partial charge in [-0.2, -0.15) is 0 Å². The van der Waals surface area contributed by atoms with Gasteiger partial charge in [-0.15, -0.1) is 0 Å². The third-order valence-corrected chi connectivity index (χ3v) is 6.73. The number of carbonyl (C=O) groups is 1. The molecule has 1 fully saturated rings. The zero-order valence-electron chi connectivity index (χ0n) is 19.7. The highest BCUT2D eigenvalue weighted by atomic mass is 35.5. The van der Waals surface area contributed by atoms with Crippen LogP contribution >= 0.6 is 0 Å². The van der Waals surface area contributed by atoms with E-state index in [9.17, 15) is 4.79 Å². The summed E-state index contributed by atoms with van der Waals surface area (Å²) in [6.07, 6.45) is 0. The van der Waals surface area contributed by atoms with Gasteiger partial charge in [-0.25, -0.2) is 0 Å². The fourth-order valence-corrected chi connectivity index (χ4v) is 5.04. The summed E-state index contributed by atoms with van der Waals surface area (Å²) in [6, 6.07) is 41.9. The average Bonchev–Trinajstić information content (AvgIpc) is 2.92. The summed E-state index contributed by atoms with van der Waals surface area (Å²) in [5.74, 6) is -0.0824. The molecule has 4 aromatic rings. The third kappa shape index (κ3) is 5.64. The Morgan fingerprint density at radius 1 is 0.514 bits per heavy atom. The van der Waals surface area contributed by atoms with E-state index >= 15 is 0 Å². The predicted molar refractivity (Wildman–Crippen MR) is 138 cm³/mol. The monoisotopic (exact) mass is 481 g/mol. The third-order valence-electron chi connectivity index (χ3n) is 6.73. The molecule has 0 saturated carbocycles. The highest BCUT2D eigenvalue weighted by Crippen LogP contribution is 2.31. The van der Waals surface area contributed by atoms with Gasteiger partial charge in [0, 0.05) is 26.2 Å². The van der Waals surface area contributed by atoms with E-state index in [1.807, 2.05) is 41.3 Å². The topological polar surface area (TPSA) is 23.6 Å². The molecule has 0 aromatic heterocycles. The first-order valence-electron chi connectivity index (χ1n) is 12.0. The highest BCUT2D eigenvalue weighted by Gasteiger charge is 2.32. The molecule has 1 amide bonds. The minimum absolute atomic E-state index is 0. The molecule has 178 valence electrons. The highest BCUT2D eigenvalue weighted by molar-refractivity contribution is 5.87. The van der Waals surface area contributed by atoms with E-state index < -0.39 is 0 Å². The van der Waals surface area contributed by atoms with Crippen molar-refractivity contribution in [1.29, 1.82) is 0 Å². The molecule has 5 rings (SSSR count). The largest absolute Gasteiger partial charge is 1.00 e. The Labute approximate surface area is 214 Å². The van der Waals surface area contributed by atoms with Crippen molar-refractivity contribution in [3.63, 3.8) is 0 Å². The Morgan fingerprint density at radius 2 is 0.857 bits per heavy atom. The van der Waals surface area contributed by atoms with E-state index in [1.165, 1.54) is 11.1 Å². The van der Waals surface area contributed by atoms with E-state index in [0.717, 1.165) is 37.3 Å². The standard InChI is InChI=1S/C31H30N2O.ClH/c34-31(29(25-13-5-1-6-14-25)26-15-7-2-8-16-26)33-23-21-32(22-24-33)30(27-17-9-3-10-18-27)28-19-11-4-12-20-28;/h1-20,29-30H,21-24H2;1H/p-1. The van der Waals surface area contributed by atoms with Gasteiger partial charge in [0.25, 0.3) is 0 Å².